The first kappa shape index (κ1) is 21.2. The predicted octanol–water partition coefficient (Wildman–Crippen LogP) is 4.32. The molecule has 0 fully saturated rings. The second kappa shape index (κ2) is 8.08. The zero-order valence-electron chi connectivity index (χ0n) is 15.0. The maximum atomic E-state index is 14.1. The largest absolute Gasteiger partial charge is 0.573 e. The summed E-state index contributed by atoms with van der Waals surface area (Å²) >= 11 is 0. The minimum atomic E-state index is -4.90. The van der Waals surface area contributed by atoms with Crippen LogP contribution in [-0.4, -0.2) is 19.8 Å². The molecule has 0 spiro atoms. The minimum Gasteiger partial charge on any atom is -0.405 e. The number of halogens is 4. The van der Waals surface area contributed by atoms with Crippen molar-refractivity contribution in [1.29, 1.82) is 5.26 Å². The lowest BCUT2D eigenvalue weighted by Gasteiger charge is -2.14. The Morgan fingerprint density at radius 2 is 1.83 bits per heavy atom. The molecule has 30 heavy (non-hydrogen) atoms. The Balaban J connectivity index is 1.90. The van der Waals surface area contributed by atoms with Gasteiger partial charge in [0, 0.05) is 18.8 Å². The van der Waals surface area contributed by atoms with E-state index in [1.54, 1.807) is 6.07 Å². The van der Waals surface area contributed by atoms with Crippen LogP contribution in [0.2, 0.25) is 0 Å². The highest BCUT2D eigenvalue weighted by atomic mass is 32.2. The average molecular weight is 439 g/mol. The molecule has 156 valence electrons. The lowest BCUT2D eigenvalue weighted by atomic mass is 10.1. The van der Waals surface area contributed by atoms with Gasteiger partial charge in [-0.1, -0.05) is 18.2 Å². The molecule has 11 heteroatoms. The molecule has 6 nitrogen and oxygen atoms in total. The molecular weight excluding hydrogens is 426 g/mol. The molecule has 0 aliphatic carbocycles. The van der Waals surface area contributed by atoms with Gasteiger partial charge in [0.1, 0.15) is 16.5 Å². The molecule has 0 amide bonds. The molecule has 0 saturated heterocycles. The second-order valence-corrected chi connectivity index (χ2v) is 7.74. The van der Waals surface area contributed by atoms with Crippen molar-refractivity contribution in [3.63, 3.8) is 0 Å². The fourth-order valence-electron chi connectivity index (χ4n) is 2.72. The van der Waals surface area contributed by atoms with Crippen LogP contribution in [0.4, 0.5) is 23.2 Å². The summed E-state index contributed by atoms with van der Waals surface area (Å²) in [6.07, 6.45) is -2.65. The summed E-state index contributed by atoms with van der Waals surface area (Å²) in [7, 11) is -4.28. The number of anilines is 1. The normalized spacial score (nSPS) is 11.7. The van der Waals surface area contributed by atoms with Crippen molar-refractivity contribution in [2.75, 3.05) is 4.72 Å². The van der Waals surface area contributed by atoms with E-state index in [-0.39, 0.29) is 33.7 Å². The quantitative estimate of drug-likeness (QED) is 0.560. The smallest absolute Gasteiger partial charge is 0.405 e. The van der Waals surface area contributed by atoms with Crippen LogP contribution in [0.1, 0.15) is 16.7 Å². The number of aromatic nitrogens is 1. The van der Waals surface area contributed by atoms with Gasteiger partial charge in [-0.05, 0) is 35.4 Å². The van der Waals surface area contributed by atoms with E-state index in [1.165, 1.54) is 30.5 Å². The van der Waals surface area contributed by atoms with Crippen molar-refractivity contribution in [2.24, 2.45) is 0 Å². The molecule has 0 aliphatic rings. The highest BCUT2D eigenvalue weighted by molar-refractivity contribution is 7.92. The molecule has 1 aromatic heterocycles. The SMILES string of the molecule is N#Cc1ccc(NS(=O)(=O)c2c[nH]cc2Cc2ccccc2OC(F)(F)F)c(F)c1. The number of para-hydroxylation sites is 1. The van der Waals surface area contributed by atoms with Gasteiger partial charge < -0.3 is 9.72 Å². The van der Waals surface area contributed by atoms with Gasteiger partial charge in [-0.3, -0.25) is 4.72 Å². The Hall–Kier alpha value is -3.52. The number of nitrogens with zero attached hydrogens (tertiary/aromatic N) is 1. The fraction of sp³-hybridized carbons (Fsp3) is 0.105. The third-order valence-corrected chi connectivity index (χ3v) is 5.45. The van der Waals surface area contributed by atoms with E-state index < -0.39 is 28.0 Å². The number of benzene rings is 2. The summed E-state index contributed by atoms with van der Waals surface area (Å²) in [5, 5.41) is 8.77. The van der Waals surface area contributed by atoms with Gasteiger partial charge in [0.15, 0.2) is 0 Å². The highest BCUT2D eigenvalue weighted by Crippen LogP contribution is 2.30. The zero-order valence-corrected chi connectivity index (χ0v) is 15.8. The number of nitrogens with one attached hydrogen (secondary N) is 2. The van der Waals surface area contributed by atoms with Crippen LogP contribution in [0.25, 0.3) is 0 Å². The maximum Gasteiger partial charge on any atom is 0.573 e. The monoisotopic (exact) mass is 439 g/mol. The fourth-order valence-corrected chi connectivity index (χ4v) is 3.98. The van der Waals surface area contributed by atoms with E-state index in [4.69, 9.17) is 5.26 Å². The minimum absolute atomic E-state index is 0.0130. The molecule has 2 N–H and O–H groups in total. The Labute approximate surface area is 168 Å². The first-order valence-corrected chi connectivity index (χ1v) is 9.79. The molecule has 3 rings (SSSR count). The number of alkyl halides is 3. The van der Waals surface area contributed by atoms with Gasteiger partial charge in [0.25, 0.3) is 10.0 Å². The van der Waals surface area contributed by atoms with Crippen LogP contribution in [-0.2, 0) is 16.4 Å². The number of sulfonamides is 1. The summed E-state index contributed by atoms with van der Waals surface area (Å²) < 4.78 is 83.4. The second-order valence-electron chi connectivity index (χ2n) is 6.09. The molecule has 0 saturated carbocycles. The predicted molar refractivity (Wildman–Crippen MR) is 98.6 cm³/mol. The van der Waals surface area contributed by atoms with Gasteiger partial charge in [-0.25, -0.2) is 12.8 Å². The zero-order chi connectivity index (χ0) is 21.9. The Kier molecular flexibility index (Phi) is 5.71. The van der Waals surface area contributed by atoms with Gasteiger partial charge >= 0.3 is 6.36 Å². The molecular formula is C19H13F4N3O3S. The van der Waals surface area contributed by atoms with Crippen LogP contribution in [0.3, 0.4) is 0 Å². The summed E-state index contributed by atoms with van der Waals surface area (Å²) in [6, 6.07) is 10.3. The molecule has 3 aromatic rings. The Morgan fingerprint density at radius 1 is 1.10 bits per heavy atom. The van der Waals surface area contributed by atoms with E-state index in [9.17, 15) is 26.0 Å². The number of nitriles is 1. The van der Waals surface area contributed by atoms with Gasteiger partial charge in [-0.15, -0.1) is 13.2 Å². The maximum absolute atomic E-state index is 14.1. The molecule has 1 heterocycles. The van der Waals surface area contributed by atoms with Crippen LogP contribution in [0.15, 0.2) is 59.8 Å². The van der Waals surface area contributed by atoms with Crippen LogP contribution in [0, 0.1) is 17.1 Å². The molecule has 0 unspecified atom stereocenters. The number of H-pyrrole nitrogens is 1. The van der Waals surface area contributed by atoms with Crippen LogP contribution < -0.4 is 9.46 Å². The third kappa shape index (κ3) is 4.90. The average Bonchev–Trinajstić information content (AvgIpc) is 3.13. The van der Waals surface area contributed by atoms with Crippen molar-refractivity contribution in [1.82, 2.24) is 4.98 Å². The van der Waals surface area contributed by atoms with E-state index in [2.05, 4.69) is 14.4 Å². The van der Waals surface area contributed by atoms with Crippen LogP contribution >= 0.6 is 0 Å². The number of aromatic amines is 1. The van der Waals surface area contributed by atoms with Gasteiger partial charge in [-0.2, -0.15) is 5.26 Å². The van der Waals surface area contributed by atoms with E-state index in [0.29, 0.717) is 0 Å². The van der Waals surface area contributed by atoms with Gasteiger partial charge in [0.2, 0.25) is 0 Å². The molecule has 0 aliphatic heterocycles. The first-order chi connectivity index (χ1) is 14.1. The number of rotatable bonds is 6. The summed E-state index contributed by atoms with van der Waals surface area (Å²) in [5.41, 5.74) is -0.105. The van der Waals surface area contributed by atoms with E-state index in [0.717, 1.165) is 24.4 Å². The number of ether oxygens (including phenoxy) is 1. The van der Waals surface area contributed by atoms with Crippen molar-refractivity contribution < 1.29 is 30.7 Å². The topological polar surface area (TPSA) is 95.0 Å². The van der Waals surface area contributed by atoms with Crippen molar-refractivity contribution in [2.45, 2.75) is 17.7 Å². The molecule has 0 radical (unpaired) electrons. The standard InChI is InChI=1S/C19H13F4N3O3S/c20-15-7-12(9-24)5-6-16(15)26-30(27,28)18-11-25-10-14(18)8-13-3-1-2-4-17(13)29-19(21,22)23/h1-7,10-11,25-26H,8H2. The summed E-state index contributed by atoms with van der Waals surface area (Å²) in [5.74, 6) is -1.40. The Morgan fingerprint density at radius 3 is 2.50 bits per heavy atom. The molecule has 0 bridgehead atoms. The third-order valence-electron chi connectivity index (χ3n) is 4.00. The van der Waals surface area contributed by atoms with Gasteiger partial charge in [0.05, 0.1) is 17.3 Å². The van der Waals surface area contributed by atoms with E-state index in [1.807, 2.05) is 0 Å². The van der Waals surface area contributed by atoms with Crippen molar-refractivity contribution in [3.05, 3.63) is 77.4 Å². The van der Waals surface area contributed by atoms with Crippen molar-refractivity contribution in [3.8, 4) is 11.8 Å². The molecule has 2 aromatic carbocycles. The number of hydrogen-bond donors (Lipinski definition) is 2. The first-order valence-electron chi connectivity index (χ1n) is 8.31. The van der Waals surface area contributed by atoms with E-state index >= 15 is 0 Å². The Bertz CT molecular complexity index is 1210. The summed E-state index contributed by atoms with van der Waals surface area (Å²) in [6.45, 7) is 0. The van der Waals surface area contributed by atoms with Crippen LogP contribution in [0.5, 0.6) is 5.75 Å². The van der Waals surface area contributed by atoms with Crippen molar-refractivity contribution >= 4 is 15.7 Å². The number of hydrogen-bond acceptors (Lipinski definition) is 4. The lowest BCUT2D eigenvalue weighted by molar-refractivity contribution is -0.274. The molecule has 0 atom stereocenters. The lowest BCUT2D eigenvalue weighted by Crippen LogP contribution is -2.18. The highest BCUT2D eigenvalue weighted by Gasteiger charge is 2.32. The summed E-state index contributed by atoms with van der Waals surface area (Å²) in [4.78, 5) is 2.32.